The van der Waals surface area contributed by atoms with Gasteiger partial charge in [-0.1, -0.05) is 22.9 Å². The van der Waals surface area contributed by atoms with Crippen molar-refractivity contribution in [2.24, 2.45) is 17.8 Å². The van der Waals surface area contributed by atoms with Gasteiger partial charge >= 0.3 is 10.8 Å². The predicted molar refractivity (Wildman–Crippen MR) is 105 cm³/mol. The van der Waals surface area contributed by atoms with Gasteiger partial charge in [-0.3, -0.25) is 4.79 Å². The molecule has 27 heavy (non-hydrogen) atoms. The van der Waals surface area contributed by atoms with Crippen LogP contribution in [-0.4, -0.2) is 27.9 Å². The number of aromatic amines is 1. The highest BCUT2D eigenvalue weighted by atomic mass is 35.5. The maximum absolute atomic E-state index is 12.1. The first-order valence-corrected chi connectivity index (χ1v) is 11.1. The molecule has 8 heteroatoms. The predicted octanol–water partition coefficient (Wildman–Crippen LogP) is 4.21. The lowest BCUT2D eigenvalue weighted by molar-refractivity contribution is -0.139. The zero-order valence-electron chi connectivity index (χ0n) is 14.3. The quantitative estimate of drug-likeness (QED) is 0.770. The van der Waals surface area contributed by atoms with E-state index in [9.17, 15) is 9.59 Å². The molecule has 0 saturated heterocycles. The van der Waals surface area contributed by atoms with Gasteiger partial charge in [0, 0.05) is 26.6 Å². The van der Waals surface area contributed by atoms with Crippen LogP contribution >= 0.6 is 34.7 Å². The number of halogens is 1. The maximum atomic E-state index is 12.1. The van der Waals surface area contributed by atoms with E-state index in [-0.39, 0.29) is 10.8 Å². The molecule has 142 valence electrons. The van der Waals surface area contributed by atoms with E-state index < -0.39 is 12.6 Å². The molecule has 1 aliphatic heterocycles. The third-order valence-corrected chi connectivity index (χ3v) is 8.98. The summed E-state index contributed by atoms with van der Waals surface area (Å²) in [6, 6.07) is 5.36. The Labute approximate surface area is 169 Å². The van der Waals surface area contributed by atoms with Crippen LogP contribution in [0.1, 0.15) is 35.6 Å². The first-order valence-electron chi connectivity index (χ1n) is 9.05. The van der Waals surface area contributed by atoms with E-state index in [0.29, 0.717) is 33.8 Å². The topological polar surface area (TPSA) is 79.4 Å². The number of carbonyl (C=O) groups is 1. The normalized spacial score (nSPS) is 30.8. The number of hydrogen-bond donors (Lipinski definition) is 2. The lowest BCUT2D eigenvalue weighted by atomic mass is 9.74. The Morgan fingerprint density at radius 3 is 2.96 bits per heavy atom. The number of aromatic nitrogens is 1. The molecule has 5 atom stereocenters. The fraction of sp³-hybridized carbons (Fsp3) is 0.474. The van der Waals surface area contributed by atoms with E-state index >= 15 is 0 Å². The fourth-order valence-electron chi connectivity index (χ4n) is 5.23. The number of fused-ring (bicyclic) bond motifs is 6. The molecule has 0 amide bonds. The number of H-pyrrole nitrogens is 1. The minimum Gasteiger partial charge on any atom is -0.482 e. The van der Waals surface area contributed by atoms with Gasteiger partial charge in [0.15, 0.2) is 6.61 Å². The number of hydrogen-bond acceptors (Lipinski definition) is 5. The summed E-state index contributed by atoms with van der Waals surface area (Å²) < 4.78 is 5.61. The van der Waals surface area contributed by atoms with Crippen molar-refractivity contribution in [1.29, 1.82) is 0 Å². The molecule has 2 aliphatic carbocycles. The van der Waals surface area contributed by atoms with Crippen molar-refractivity contribution in [2.75, 3.05) is 6.61 Å². The number of aliphatic carboxylic acids is 1. The number of thioether (sulfide) groups is 1. The zero-order chi connectivity index (χ0) is 18.7. The standard InChI is InChI=1S/C19H18ClNO4S2/c20-10-3-4-12(25-7-13(22)23)11(6-10)15-14-8-1-2-9(5-8)16(14)26-18-17(15)27-19(24)21-18/h3-4,6,8-9,14-16H,1-2,5,7H2,(H,21,24)(H,22,23)/t8-,9-,14+,15-,16+/m0/s1. The number of carboxylic acids is 1. The number of benzene rings is 1. The first-order chi connectivity index (χ1) is 13.0. The Morgan fingerprint density at radius 1 is 1.33 bits per heavy atom. The molecule has 0 spiro atoms. The second-order valence-corrected chi connectivity index (χ2v) is 10.2. The van der Waals surface area contributed by atoms with Crippen molar-refractivity contribution in [2.45, 2.75) is 35.5 Å². The summed E-state index contributed by atoms with van der Waals surface area (Å²) in [5.41, 5.74) is 0.906. The Kier molecular flexibility index (Phi) is 4.29. The largest absolute Gasteiger partial charge is 0.482 e. The minimum absolute atomic E-state index is 0.0213. The van der Waals surface area contributed by atoms with E-state index in [1.54, 1.807) is 12.1 Å². The second-order valence-electron chi connectivity index (χ2n) is 7.54. The summed E-state index contributed by atoms with van der Waals surface area (Å²) >= 11 is 9.40. The van der Waals surface area contributed by atoms with Gasteiger partial charge in [0.25, 0.3) is 0 Å². The highest BCUT2D eigenvalue weighted by Gasteiger charge is 2.55. The molecular formula is C19H18ClNO4S2. The molecule has 2 bridgehead atoms. The van der Waals surface area contributed by atoms with Gasteiger partial charge < -0.3 is 14.8 Å². The van der Waals surface area contributed by atoms with Crippen molar-refractivity contribution in [3.05, 3.63) is 43.3 Å². The fourth-order valence-corrected chi connectivity index (χ4v) is 8.30. The van der Waals surface area contributed by atoms with E-state index in [0.717, 1.165) is 15.5 Å². The van der Waals surface area contributed by atoms with Crippen LogP contribution in [-0.2, 0) is 4.79 Å². The zero-order valence-corrected chi connectivity index (χ0v) is 16.7. The summed E-state index contributed by atoms with van der Waals surface area (Å²) in [5.74, 6) is 1.30. The van der Waals surface area contributed by atoms with E-state index in [4.69, 9.17) is 21.4 Å². The van der Waals surface area contributed by atoms with Crippen molar-refractivity contribution in [1.82, 2.24) is 4.98 Å². The van der Waals surface area contributed by atoms with Gasteiger partial charge in [-0.05, 0) is 55.2 Å². The summed E-state index contributed by atoms with van der Waals surface area (Å²) in [6.45, 7) is -0.396. The molecular weight excluding hydrogens is 406 g/mol. The van der Waals surface area contributed by atoms with Crippen LogP contribution in [0.15, 0.2) is 28.0 Å². The molecule has 2 heterocycles. The third-order valence-electron chi connectivity index (χ3n) is 6.12. The van der Waals surface area contributed by atoms with Crippen molar-refractivity contribution in [3.8, 4) is 5.75 Å². The SMILES string of the molecule is O=C(O)COc1ccc(Cl)cc1[C@@H]1c2sc(=O)[nH]c2S[C@@H]2[C@H]3CC[C@@H](C3)[C@H]12. The summed E-state index contributed by atoms with van der Waals surface area (Å²) in [5, 5.41) is 11.1. The summed E-state index contributed by atoms with van der Waals surface area (Å²) in [4.78, 5) is 27.1. The number of rotatable bonds is 4. The van der Waals surface area contributed by atoms with Gasteiger partial charge in [-0.2, -0.15) is 0 Å². The van der Waals surface area contributed by atoms with Gasteiger partial charge in [-0.25, -0.2) is 4.79 Å². The number of carboxylic acid groups (broad SMARTS) is 1. The maximum Gasteiger partial charge on any atom is 0.341 e. The molecule has 2 saturated carbocycles. The molecule has 1 aromatic heterocycles. The number of nitrogens with one attached hydrogen (secondary N) is 1. The van der Waals surface area contributed by atoms with Crippen LogP contribution in [0.3, 0.4) is 0 Å². The molecule has 0 radical (unpaired) electrons. The molecule has 3 aliphatic rings. The van der Waals surface area contributed by atoms with Gasteiger partial charge in [-0.15, -0.1) is 11.8 Å². The molecule has 2 aromatic rings. The summed E-state index contributed by atoms with van der Waals surface area (Å²) in [7, 11) is 0. The van der Waals surface area contributed by atoms with Crippen LogP contribution in [0.25, 0.3) is 0 Å². The second kappa shape index (κ2) is 6.57. The minimum atomic E-state index is -1.01. The van der Waals surface area contributed by atoms with E-state index in [1.807, 2.05) is 17.8 Å². The monoisotopic (exact) mass is 423 g/mol. The van der Waals surface area contributed by atoms with Gasteiger partial charge in [0.2, 0.25) is 0 Å². The van der Waals surface area contributed by atoms with Gasteiger partial charge in [0.05, 0.1) is 5.03 Å². The molecule has 0 unspecified atom stereocenters. The Balaban J connectivity index is 1.65. The van der Waals surface area contributed by atoms with Crippen LogP contribution < -0.4 is 9.61 Å². The van der Waals surface area contributed by atoms with Crippen LogP contribution in [0, 0.1) is 17.8 Å². The van der Waals surface area contributed by atoms with Crippen LogP contribution in [0.4, 0.5) is 0 Å². The molecule has 2 fully saturated rings. The summed E-state index contributed by atoms with van der Waals surface area (Å²) in [6.07, 6.45) is 3.72. The molecule has 2 N–H and O–H groups in total. The molecule has 5 rings (SSSR count). The van der Waals surface area contributed by atoms with Crippen molar-refractivity contribution < 1.29 is 14.6 Å². The Bertz CT molecular complexity index is 971. The van der Waals surface area contributed by atoms with E-state index in [2.05, 4.69) is 4.98 Å². The molecule has 5 nitrogen and oxygen atoms in total. The number of thiazole rings is 1. The van der Waals surface area contributed by atoms with Crippen LogP contribution in [0.5, 0.6) is 5.75 Å². The smallest absolute Gasteiger partial charge is 0.341 e. The lowest BCUT2D eigenvalue weighted by Gasteiger charge is -2.40. The Morgan fingerprint density at radius 2 is 2.15 bits per heavy atom. The average molecular weight is 424 g/mol. The Hall–Kier alpha value is -1.44. The average Bonchev–Trinajstić information content (AvgIpc) is 3.32. The highest BCUT2D eigenvalue weighted by molar-refractivity contribution is 8.00. The molecule has 1 aromatic carbocycles. The highest BCUT2D eigenvalue weighted by Crippen LogP contribution is 2.64. The lowest BCUT2D eigenvalue weighted by Crippen LogP contribution is -2.34. The first kappa shape index (κ1) is 17.6. The van der Waals surface area contributed by atoms with Crippen molar-refractivity contribution in [3.63, 3.8) is 0 Å². The third kappa shape index (κ3) is 2.91. The van der Waals surface area contributed by atoms with Crippen LogP contribution in [0.2, 0.25) is 5.02 Å². The van der Waals surface area contributed by atoms with Gasteiger partial charge in [0.1, 0.15) is 5.75 Å². The van der Waals surface area contributed by atoms with E-state index in [1.165, 1.54) is 30.6 Å². The van der Waals surface area contributed by atoms with Crippen molar-refractivity contribution >= 4 is 40.7 Å². The number of ether oxygens (including phenoxy) is 1.